The van der Waals surface area contributed by atoms with Crippen LogP contribution in [-0.4, -0.2) is 54.3 Å². The number of hydrogen-bond acceptors (Lipinski definition) is 4. The number of rotatable bonds is 3. The van der Waals surface area contributed by atoms with Crippen LogP contribution in [0.3, 0.4) is 0 Å². The maximum atomic E-state index is 5.69. The number of halogens is 1. The highest BCUT2D eigenvalue weighted by atomic mass is 35.5. The highest BCUT2D eigenvalue weighted by molar-refractivity contribution is 6.19. The standard InChI is InChI=1S/C8H13ClN4/c9-2-1-8-11-4-6-13(8)12-5-3-10-7-12/h7H,1-6H2. The lowest BCUT2D eigenvalue weighted by Gasteiger charge is -2.29. The third-order valence-electron chi connectivity index (χ3n) is 2.21. The van der Waals surface area contributed by atoms with Crippen LogP contribution < -0.4 is 0 Å². The van der Waals surface area contributed by atoms with Crippen molar-refractivity contribution in [3.8, 4) is 0 Å². The molecule has 0 atom stereocenters. The Morgan fingerprint density at radius 3 is 3.00 bits per heavy atom. The van der Waals surface area contributed by atoms with Crippen LogP contribution in [0.4, 0.5) is 0 Å². The van der Waals surface area contributed by atoms with Gasteiger partial charge in [-0.3, -0.25) is 20.0 Å². The minimum atomic E-state index is 0.639. The van der Waals surface area contributed by atoms with Gasteiger partial charge >= 0.3 is 0 Å². The van der Waals surface area contributed by atoms with Crippen molar-refractivity contribution in [1.82, 2.24) is 10.0 Å². The highest BCUT2D eigenvalue weighted by Gasteiger charge is 2.22. The van der Waals surface area contributed by atoms with E-state index >= 15 is 0 Å². The summed E-state index contributed by atoms with van der Waals surface area (Å²) >= 11 is 5.69. The van der Waals surface area contributed by atoms with Gasteiger partial charge in [0.05, 0.1) is 26.2 Å². The molecular weight excluding hydrogens is 188 g/mol. The zero-order valence-corrected chi connectivity index (χ0v) is 8.24. The van der Waals surface area contributed by atoms with Crippen molar-refractivity contribution in [2.45, 2.75) is 6.42 Å². The summed E-state index contributed by atoms with van der Waals surface area (Å²) in [5, 5.41) is 4.30. The van der Waals surface area contributed by atoms with Crippen molar-refractivity contribution < 1.29 is 0 Å². The Kier molecular flexibility index (Phi) is 2.68. The van der Waals surface area contributed by atoms with Gasteiger partial charge in [0, 0.05) is 12.3 Å². The highest BCUT2D eigenvalue weighted by Crippen LogP contribution is 2.10. The molecular formula is C8H13ClN4. The fourth-order valence-electron chi connectivity index (χ4n) is 1.61. The molecule has 0 amide bonds. The van der Waals surface area contributed by atoms with Gasteiger partial charge in [0.1, 0.15) is 12.2 Å². The average molecular weight is 201 g/mol. The van der Waals surface area contributed by atoms with Gasteiger partial charge in [0.2, 0.25) is 0 Å². The van der Waals surface area contributed by atoms with E-state index in [1.54, 1.807) is 0 Å². The van der Waals surface area contributed by atoms with Crippen molar-refractivity contribution in [3.63, 3.8) is 0 Å². The smallest absolute Gasteiger partial charge is 0.119 e. The van der Waals surface area contributed by atoms with Crippen LogP contribution in [0.25, 0.3) is 0 Å². The van der Waals surface area contributed by atoms with Gasteiger partial charge < -0.3 is 0 Å². The van der Waals surface area contributed by atoms with E-state index in [1.807, 2.05) is 6.34 Å². The maximum Gasteiger partial charge on any atom is 0.119 e. The molecule has 0 aliphatic carbocycles. The number of nitrogens with zero attached hydrogens (tertiary/aromatic N) is 4. The lowest BCUT2D eigenvalue weighted by Crippen LogP contribution is -2.43. The molecule has 0 spiro atoms. The van der Waals surface area contributed by atoms with E-state index in [1.165, 1.54) is 0 Å². The van der Waals surface area contributed by atoms with Crippen LogP contribution in [0, 0.1) is 0 Å². The van der Waals surface area contributed by atoms with E-state index in [-0.39, 0.29) is 0 Å². The van der Waals surface area contributed by atoms with Crippen molar-refractivity contribution in [2.24, 2.45) is 9.98 Å². The van der Waals surface area contributed by atoms with Crippen molar-refractivity contribution in [3.05, 3.63) is 0 Å². The molecule has 5 heteroatoms. The molecule has 2 rings (SSSR count). The summed E-state index contributed by atoms with van der Waals surface area (Å²) < 4.78 is 0. The van der Waals surface area contributed by atoms with Crippen LogP contribution in [0.5, 0.6) is 0 Å². The first-order valence-electron chi connectivity index (χ1n) is 4.55. The second-order valence-corrected chi connectivity index (χ2v) is 3.42. The fraction of sp³-hybridized carbons (Fsp3) is 0.750. The van der Waals surface area contributed by atoms with Crippen LogP contribution >= 0.6 is 11.6 Å². The average Bonchev–Trinajstić information content (AvgIpc) is 2.71. The minimum Gasteiger partial charge on any atom is -0.272 e. The SMILES string of the molecule is ClCCC1=NCCN1N1C=NCC1. The first kappa shape index (κ1) is 8.81. The van der Waals surface area contributed by atoms with E-state index < -0.39 is 0 Å². The summed E-state index contributed by atoms with van der Waals surface area (Å²) in [5.41, 5.74) is 0. The van der Waals surface area contributed by atoms with Gasteiger partial charge in [-0.25, -0.2) is 0 Å². The monoisotopic (exact) mass is 200 g/mol. The van der Waals surface area contributed by atoms with E-state index in [0.29, 0.717) is 5.88 Å². The molecule has 2 heterocycles. The first-order valence-corrected chi connectivity index (χ1v) is 5.08. The molecule has 0 saturated carbocycles. The van der Waals surface area contributed by atoms with Crippen LogP contribution in [0.2, 0.25) is 0 Å². The van der Waals surface area contributed by atoms with Crippen LogP contribution in [0.15, 0.2) is 9.98 Å². The van der Waals surface area contributed by atoms with Gasteiger partial charge in [-0.05, 0) is 0 Å². The lowest BCUT2D eigenvalue weighted by molar-refractivity contribution is 0.166. The molecule has 0 N–H and O–H groups in total. The molecule has 2 aliphatic heterocycles. The van der Waals surface area contributed by atoms with Gasteiger partial charge in [0.25, 0.3) is 0 Å². The fourth-order valence-corrected chi connectivity index (χ4v) is 1.78. The molecule has 0 unspecified atom stereocenters. The van der Waals surface area contributed by atoms with E-state index in [4.69, 9.17) is 11.6 Å². The number of alkyl halides is 1. The van der Waals surface area contributed by atoms with E-state index in [0.717, 1.165) is 38.4 Å². The lowest BCUT2D eigenvalue weighted by atomic mass is 10.4. The minimum absolute atomic E-state index is 0.639. The zero-order chi connectivity index (χ0) is 9.10. The van der Waals surface area contributed by atoms with Gasteiger partial charge in [-0.2, -0.15) is 0 Å². The zero-order valence-electron chi connectivity index (χ0n) is 7.49. The molecule has 4 nitrogen and oxygen atoms in total. The molecule has 0 aromatic carbocycles. The Bertz CT molecular complexity index is 238. The largest absolute Gasteiger partial charge is 0.272 e. The van der Waals surface area contributed by atoms with Gasteiger partial charge in [0.15, 0.2) is 0 Å². The second-order valence-electron chi connectivity index (χ2n) is 3.04. The van der Waals surface area contributed by atoms with Crippen molar-refractivity contribution >= 4 is 23.8 Å². The molecule has 0 bridgehead atoms. The molecule has 0 saturated heterocycles. The van der Waals surface area contributed by atoms with E-state index in [9.17, 15) is 0 Å². The third kappa shape index (κ3) is 1.77. The summed E-state index contributed by atoms with van der Waals surface area (Å²) in [6, 6.07) is 0. The molecule has 2 aliphatic rings. The van der Waals surface area contributed by atoms with E-state index in [2.05, 4.69) is 20.0 Å². The molecule has 72 valence electrons. The Labute approximate surface area is 82.9 Å². The normalized spacial score (nSPS) is 21.5. The summed E-state index contributed by atoms with van der Waals surface area (Å²) in [4.78, 5) is 8.58. The summed E-state index contributed by atoms with van der Waals surface area (Å²) in [6.45, 7) is 3.72. The van der Waals surface area contributed by atoms with Crippen molar-refractivity contribution in [2.75, 3.05) is 32.1 Å². The molecule has 0 aromatic rings. The molecule has 13 heavy (non-hydrogen) atoms. The predicted octanol–water partition coefficient (Wildman–Crippen LogP) is 0.588. The predicted molar refractivity (Wildman–Crippen MR) is 54.4 cm³/mol. The summed E-state index contributed by atoms with van der Waals surface area (Å²) in [7, 11) is 0. The first-order chi connectivity index (χ1) is 6.42. The van der Waals surface area contributed by atoms with Crippen LogP contribution in [0.1, 0.15) is 6.42 Å². The number of aliphatic imine (C=N–C) groups is 2. The number of hydrogen-bond donors (Lipinski definition) is 0. The van der Waals surface area contributed by atoms with Gasteiger partial charge in [-0.1, -0.05) is 0 Å². The quantitative estimate of drug-likeness (QED) is 0.625. The second kappa shape index (κ2) is 3.96. The van der Waals surface area contributed by atoms with Crippen LogP contribution in [-0.2, 0) is 0 Å². The summed E-state index contributed by atoms with van der Waals surface area (Å²) in [6.07, 6.45) is 2.74. The van der Waals surface area contributed by atoms with Crippen molar-refractivity contribution in [1.29, 1.82) is 0 Å². The Hall–Kier alpha value is -0.770. The third-order valence-corrected chi connectivity index (χ3v) is 2.39. The Morgan fingerprint density at radius 2 is 2.31 bits per heavy atom. The number of hydrazine groups is 1. The summed E-state index contributed by atoms with van der Waals surface area (Å²) in [5.74, 6) is 1.74. The molecule has 0 radical (unpaired) electrons. The Morgan fingerprint density at radius 1 is 1.38 bits per heavy atom. The number of amidine groups is 1. The molecule has 0 fully saturated rings. The van der Waals surface area contributed by atoms with Gasteiger partial charge in [-0.15, -0.1) is 11.6 Å². The Balaban J connectivity index is 1.98. The maximum absolute atomic E-state index is 5.69. The molecule has 0 aromatic heterocycles. The topological polar surface area (TPSA) is 31.2 Å².